The van der Waals surface area contributed by atoms with Crippen LogP contribution in [0.1, 0.15) is 40.0 Å². The van der Waals surface area contributed by atoms with E-state index in [1.807, 2.05) is 23.9 Å². The van der Waals surface area contributed by atoms with E-state index in [1.54, 1.807) is 0 Å². The Labute approximate surface area is 136 Å². The Bertz CT molecular complexity index is 462. The summed E-state index contributed by atoms with van der Waals surface area (Å²) in [4.78, 5) is 1.21. The summed E-state index contributed by atoms with van der Waals surface area (Å²) in [5, 5.41) is 5.62. The van der Waals surface area contributed by atoms with Crippen LogP contribution in [0.4, 0.5) is 0 Å². The molecule has 0 spiro atoms. The molecule has 1 aliphatic rings. The summed E-state index contributed by atoms with van der Waals surface area (Å²) in [5.41, 5.74) is 0.364. The maximum Gasteiger partial charge on any atom is 0.0603 e. The predicted molar refractivity (Wildman–Crippen MR) is 91.2 cm³/mol. The van der Waals surface area contributed by atoms with Gasteiger partial charge in [0.15, 0.2) is 0 Å². The number of benzene rings is 1. The Morgan fingerprint density at radius 1 is 1.30 bits per heavy atom. The van der Waals surface area contributed by atoms with Crippen LogP contribution in [0.2, 0.25) is 10.0 Å². The summed E-state index contributed by atoms with van der Waals surface area (Å²) >= 11 is 14.0. The van der Waals surface area contributed by atoms with Crippen molar-refractivity contribution in [2.45, 2.75) is 56.2 Å². The number of rotatable bonds is 5. The van der Waals surface area contributed by atoms with Gasteiger partial charge in [-0.15, -0.1) is 11.8 Å². The SMILES string of the molecule is CCCNC1C(Sc2ccc(Cl)c(Cl)c2)CCC1(C)C. The normalized spacial score (nSPS) is 25.1. The van der Waals surface area contributed by atoms with E-state index < -0.39 is 0 Å². The fourth-order valence-electron chi connectivity index (χ4n) is 2.90. The highest BCUT2D eigenvalue weighted by atomic mass is 35.5. The Balaban J connectivity index is 2.08. The summed E-state index contributed by atoms with van der Waals surface area (Å²) in [7, 11) is 0. The van der Waals surface area contributed by atoms with Crippen LogP contribution in [0.25, 0.3) is 0 Å². The minimum Gasteiger partial charge on any atom is -0.312 e. The lowest BCUT2D eigenvalue weighted by atomic mass is 9.87. The van der Waals surface area contributed by atoms with Crippen molar-refractivity contribution in [3.8, 4) is 0 Å². The molecule has 112 valence electrons. The van der Waals surface area contributed by atoms with Gasteiger partial charge in [-0.25, -0.2) is 0 Å². The monoisotopic (exact) mass is 331 g/mol. The molecule has 1 saturated carbocycles. The van der Waals surface area contributed by atoms with Crippen molar-refractivity contribution in [2.24, 2.45) is 5.41 Å². The van der Waals surface area contributed by atoms with E-state index in [4.69, 9.17) is 23.2 Å². The van der Waals surface area contributed by atoms with Gasteiger partial charge in [-0.3, -0.25) is 0 Å². The number of nitrogens with one attached hydrogen (secondary N) is 1. The Morgan fingerprint density at radius 2 is 2.05 bits per heavy atom. The van der Waals surface area contributed by atoms with Crippen LogP contribution < -0.4 is 5.32 Å². The van der Waals surface area contributed by atoms with E-state index in [-0.39, 0.29) is 0 Å². The van der Waals surface area contributed by atoms with Crippen LogP contribution in [0.15, 0.2) is 23.1 Å². The average molecular weight is 332 g/mol. The van der Waals surface area contributed by atoms with Crippen molar-refractivity contribution in [1.82, 2.24) is 5.32 Å². The van der Waals surface area contributed by atoms with Crippen LogP contribution in [-0.4, -0.2) is 17.8 Å². The third kappa shape index (κ3) is 3.85. The van der Waals surface area contributed by atoms with Crippen molar-refractivity contribution < 1.29 is 0 Å². The van der Waals surface area contributed by atoms with Gasteiger partial charge in [-0.1, -0.05) is 44.0 Å². The maximum atomic E-state index is 6.11. The summed E-state index contributed by atoms with van der Waals surface area (Å²) in [6.07, 6.45) is 3.70. The number of hydrogen-bond acceptors (Lipinski definition) is 2. The van der Waals surface area contributed by atoms with Gasteiger partial charge in [-0.2, -0.15) is 0 Å². The van der Waals surface area contributed by atoms with E-state index in [0.29, 0.717) is 26.8 Å². The largest absolute Gasteiger partial charge is 0.312 e. The standard InChI is InChI=1S/C16H23Cl2NS/c1-4-9-19-15-14(7-8-16(15,2)3)20-11-5-6-12(17)13(18)10-11/h5-6,10,14-15,19H,4,7-9H2,1-3H3. The first kappa shape index (κ1) is 16.5. The summed E-state index contributed by atoms with van der Waals surface area (Å²) in [6.45, 7) is 8.05. The second kappa shape index (κ2) is 6.91. The van der Waals surface area contributed by atoms with Crippen molar-refractivity contribution >= 4 is 35.0 Å². The smallest absolute Gasteiger partial charge is 0.0603 e. The van der Waals surface area contributed by atoms with Crippen LogP contribution in [0.3, 0.4) is 0 Å². The van der Waals surface area contributed by atoms with Crippen LogP contribution in [-0.2, 0) is 0 Å². The minimum absolute atomic E-state index is 0.364. The molecule has 4 heteroatoms. The van der Waals surface area contributed by atoms with Crippen LogP contribution in [0, 0.1) is 5.41 Å². The van der Waals surface area contributed by atoms with Gasteiger partial charge in [0.25, 0.3) is 0 Å². The summed E-state index contributed by atoms with van der Waals surface area (Å²) in [6, 6.07) is 6.50. The van der Waals surface area contributed by atoms with Gasteiger partial charge < -0.3 is 5.32 Å². The molecular weight excluding hydrogens is 309 g/mol. The molecule has 0 saturated heterocycles. The quantitative estimate of drug-likeness (QED) is 0.748. The molecule has 0 radical (unpaired) electrons. The molecule has 20 heavy (non-hydrogen) atoms. The van der Waals surface area contributed by atoms with Gasteiger partial charge in [0.05, 0.1) is 10.0 Å². The molecule has 2 unspecified atom stereocenters. The predicted octanol–water partition coefficient (Wildman–Crippen LogP) is 5.64. The summed E-state index contributed by atoms with van der Waals surface area (Å²) < 4.78 is 0. The lowest BCUT2D eigenvalue weighted by molar-refractivity contribution is 0.287. The third-order valence-corrected chi connectivity index (χ3v) is 6.16. The van der Waals surface area contributed by atoms with Gasteiger partial charge in [0.1, 0.15) is 0 Å². The molecule has 1 N–H and O–H groups in total. The molecule has 1 aromatic rings. The molecule has 1 aliphatic carbocycles. The lowest BCUT2D eigenvalue weighted by Gasteiger charge is -2.31. The Morgan fingerprint density at radius 3 is 2.70 bits per heavy atom. The molecule has 0 aliphatic heterocycles. The van der Waals surface area contributed by atoms with Crippen LogP contribution >= 0.6 is 35.0 Å². The van der Waals surface area contributed by atoms with Gasteiger partial charge >= 0.3 is 0 Å². The zero-order valence-electron chi connectivity index (χ0n) is 12.4. The molecular formula is C16H23Cl2NS. The second-order valence-electron chi connectivity index (χ2n) is 6.19. The van der Waals surface area contributed by atoms with Crippen molar-refractivity contribution in [3.05, 3.63) is 28.2 Å². The number of thioether (sulfide) groups is 1. The topological polar surface area (TPSA) is 12.0 Å². The van der Waals surface area contributed by atoms with Gasteiger partial charge in [0, 0.05) is 16.2 Å². The molecule has 1 fully saturated rings. The zero-order valence-corrected chi connectivity index (χ0v) is 14.7. The highest BCUT2D eigenvalue weighted by Crippen LogP contribution is 2.45. The molecule has 2 atom stereocenters. The molecule has 2 rings (SSSR count). The van der Waals surface area contributed by atoms with E-state index >= 15 is 0 Å². The maximum absolute atomic E-state index is 6.11. The lowest BCUT2D eigenvalue weighted by Crippen LogP contribution is -2.43. The first-order chi connectivity index (χ1) is 9.44. The molecule has 0 aromatic heterocycles. The van der Waals surface area contributed by atoms with E-state index in [0.717, 1.165) is 6.54 Å². The highest BCUT2D eigenvalue weighted by molar-refractivity contribution is 8.00. The second-order valence-corrected chi connectivity index (χ2v) is 8.32. The Hall–Kier alpha value is 0.110. The van der Waals surface area contributed by atoms with E-state index in [2.05, 4.69) is 32.2 Å². The van der Waals surface area contributed by atoms with Crippen LogP contribution in [0.5, 0.6) is 0 Å². The minimum atomic E-state index is 0.364. The van der Waals surface area contributed by atoms with E-state index in [1.165, 1.54) is 24.2 Å². The first-order valence-corrected chi connectivity index (χ1v) is 8.92. The first-order valence-electron chi connectivity index (χ1n) is 7.29. The average Bonchev–Trinajstić information content (AvgIpc) is 2.67. The fraction of sp³-hybridized carbons (Fsp3) is 0.625. The number of hydrogen-bond donors (Lipinski definition) is 1. The van der Waals surface area contributed by atoms with Crippen molar-refractivity contribution in [2.75, 3.05) is 6.54 Å². The van der Waals surface area contributed by atoms with Gasteiger partial charge in [0.2, 0.25) is 0 Å². The van der Waals surface area contributed by atoms with Crippen molar-refractivity contribution in [1.29, 1.82) is 0 Å². The van der Waals surface area contributed by atoms with Crippen molar-refractivity contribution in [3.63, 3.8) is 0 Å². The van der Waals surface area contributed by atoms with E-state index in [9.17, 15) is 0 Å². The molecule has 1 aromatic carbocycles. The Kier molecular flexibility index (Phi) is 5.70. The molecule has 0 bridgehead atoms. The highest BCUT2D eigenvalue weighted by Gasteiger charge is 2.41. The fourth-order valence-corrected chi connectivity index (χ4v) is 4.78. The molecule has 0 amide bonds. The molecule has 0 heterocycles. The number of halogens is 2. The third-order valence-electron chi connectivity index (χ3n) is 4.08. The molecule has 1 nitrogen and oxygen atoms in total. The zero-order chi connectivity index (χ0) is 14.8. The summed E-state index contributed by atoms with van der Waals surface area (Å²) in [5.74, 6) is 0. The van der Waals surface area contributed by atoms with Gasteiger partial charge in [-0.05, 0) is 49.4 Å².